The van der Waals surface area contributed by atoms with Gasteiger partial charge in [0.15, 0.2) is 7.28 Å². The van der Waals surface area contributed by atoms with E-state index in [1.54, 1.807) is 0 Å². The zero-order valence-electron chi connectivity index (χ0n) is 11.5. The van der Waals surface area contributed by atoms with Crippen LogP contribution in [0.1, 0.15) is 22.3 Å². The van der Waals surface area contributed by atoms with Crippen molar-refractivity contribution in [3.8, 4) is 0 Å². The Labute approximate surface area is 112 Å². The van der Waals surface area contributed by atoms with Gasteiger partial charge in [-0.2, -0.15) is 0 Å². The summed E-state index contributed by atoms with van der Waals surface area (Å²) in [6, 6.07) is 10.7. The second-order valence-electron chi connectivity index (χ2n) is 5.07. The van der Waals surface area contributed by atoms with Crippen LogP contribution in [0.4, 0.5) is 0 Å². The van der Waals surface area contributed by atoms with Gasteiger partial charge in [-0.3, -0.25) is 0 Å². The van der Waals surface area contributed by atoms with Crippen LogP contribution in [0.25, 0.3) is 0 Å². The van der Waals surface area contributed by atoms with Crippen molar-refractivity contribution in [3.63, 3.8) is 0 Å². The molecule has 0 unspecified atom stereocenters. The Morgan fingerprint density at radius 1 is 0.778 bits per heavy atom. The van der Waals surface area contributed by atoms with Crippen molar-refractivity contribution < 1.29 is 0 Å². The lowest BCUT2D eigenvalue weighted by Gasteiger charge is -2.11. The van der Waals surface area contributed by atoms with Gasteiger partial charge in [-0.25, -0.2) is 0 Å². The maximum Gasteiger partial charge on any atom is 0.192 e. The van der Waals surface area contributed by atoms with E-state index >= 15 is 0 Å². The first-order valence-electron chi connectivity index (χ1n) is 6.26. The number of hydrogen-bond acceptors (Lipinski definition) is 0. The normalized spacial score (nSPS) is 10.4. The third-order valence-electron chi connectivity index (χ3n) is 3.40. The molecule has 0 aliphatic carbocycles. The molecule has 0 fully saturated rings. The van der Waals surface area contributed by atoms with Gasteiger partial charge in [0.05, 0.1) is 0 Å². The Kier molecular flexibility index (Phi) is 3.65. The van der Waals surface area contributed by atoms with E-state index in [2.05, 4.69) is 58.4 Å². The third-order valence-corrected chi connectivity index (χ3v) is 3.40. The van der Waals surface area contributed by atoms with Crippen LogP contribution in [-0.2, 0) is 0 Å². The fourth-order valence-corrected chi connectivity index (χ4v) is 2.13. The van der Waals surface area contributed by atoms with Gasteiger partial charge in [-0.15, -0.1) is 0 Å². The molecule has 0 N–H and O–H groups in total. The quantitative estimate of drug-likeness (QED) is 0.684. The summed E-state index contributed by atoms with van der Waals surface area (Å²) in [5, 5.41) is 0. The van der Waals surface area contributed by atoms with Crippen molar-refractivity contribution in [1.29, 1.82) is 0 Å². The van der Waals surface area contributed by atoms with E-state index in [4.69, 9.17) is 7.85 Å². The van der Waals surface area contributed by atoms with Crippen molar-refractivity contribution in [2.45, 2.75) is 27.7 Å². The molecule has 0 amide bonds. The van der Waals surface area contributed by atoms with E-state index in [0.717, 1.165) is 11.0 Å². The van der Waals surface area contributed by atoms with Gasteiger partial charge in [0.25, 0.3) is 0 Å². The van der Waals surface area contributed by atoms with Gasteiger partial charge in [-0.1, -0.05) is 69.0 Å². The lowest BCUT2D eigenvalue weighted by Crippen LogP contribution is -2.33. The predicted octanol–water partition coefficient (Wildman–Crippen LogP) is 1.37. The standard InChI is InChI=1S/C16H17B2/c1-10-5-6-11(2)15(7-10)18-16-9-14(17)12(3)8-13(16)4/h5-9H,1-4H3. The fraction of sp³-hybridized carbons (Fsp3) is 0.250. The maximum atomic E-state index is 5.99. The maximum absolute atomic E-state index is 5.99. The molecule has 0 bridgehead atoms. The smallest absolute Gasteiger partial charge is 0.0943 e. The van der Waals surface area contributed by atoms with E-state index in [1.165, 1.54) is 27.6 Å². The minimum atomic E-state index is 0.858. The summed E-state index contributed by atoms with van der Waals surface area (Å²) in [5.41, 5.74) is 8.31. The zero-order chi connectivity index (χ0) is 13.3. The fourth-order valence-electron chi connectivity index (χ4n) is 2.13. The summed E-state index contributed by atoms with van der Waals surface area (Å²) in [6.45, 7) is 8.43. The molecule has 2 heteroatoms. The molecule has 0 nitrogen and oxygen atoms in total. The number of hydrogen-bond donors (Lipinski definition) is 0. The first-order chi connectivity index (χ1) is 8.47. The highest BCUT2D eigenvalue weighted by Gasteiger charge is 2.07. The van der Waals surface area contributed by atoms with Gasteiger partial charge in [0.1, 0.15) is 7.85 Å². The van der Waals surface area contributed by atoms with Gasteiger partial charge in [-0.05, 0) is 27.7 Å². The Hall–Kier alpha value is -1.43. The largest absolute Gasteiger partial charge is 0.192 e. The molecule has 2 aromatic rings. The SMILES string of the molecule is [B]c1cc([B]c2cc(C)ccc2C)c(C)cc1C. The molecule has 0 aliphatic rings. The molecule has 3 radical (unpaired) electrons. The van der Waals surface area contributed by atoms with Gasteiger partial charge in [0, 0.05) is 0 Å². The lowest BCUT2D eigenvalue weighted by atomic mass is 9.60. The Bertz CT molecular complexity index is 586. The van der Waals surface area contributed by atoms with Gasteiger partial charge < -0.3 is 0 Å². The summed E-state index contributed by atoms with van der Waals surface area (Å²) < 4.78 is 0. The Morgan fingerprint density at radius 3 is 2.17 bits per heavy atom. The minimum absolute atomic E-state index is 0.858. The van der Waals surface area contributed by atoms with Crippen LogP contribution in [0.15, 0.2) is 30.3 Å². The third kappa shape index (κ3) is 2.69. The highest BCUT2D eigenvalue weighted by molar-refractivity contribution is 6.68. The Balaban J connectivity index is 2.40. The Morgan fingerprint density at radius 2 is 1.44 bits per heavy atom. The lowest BCUT2D eigenvalue weighted by molar-refractivity contribution is 1.42. The van der Waals surface area contributed by atoms with Crippen molar-refractivity contribution >= 4 is 31.5 Å². The van der Waals surface area contributed by atoms with Crippen molar-refractivity contribution in [1.82, 2.24) is 0 Å². The van der Waals surface area contributed by atoms with E-state index in [9.17, 15) is 0 Å². The van der Waals surface area contributed by atoms with Crippen LogP contribution in [0.5, 0.6) is 0 Å². The zero-order valence-corrected chi connectivity index (χ0v) is 11.5. The molecule has 0 heterocycles. The molecule has 2 aromatic carbocycles. The molecule has 18 heavy (non-hydrogen) atoms. The average Bonchev–Trinajstić information content (AvgIpc) is 2.30. The van der Waals surface area contributed by atoms with Crippen LogP contribution in [0.2, 0.25) is 0 Å². The number of rotatable bonds is 2. The minimum Gasteiger partial charge on any atom is -0.0943 e. The average molecular weight is 231 g/mol. The predicted molar refractivity (Wildman–Crippen MR) is 82.2 cm³/mol. The number of aryl methyl sites for hydroxylation is 4. The molecule has 0 aliphatic heterocycles. The van der Waals surface area contributed by atoms with Gasteiger partial charge in [0.2, 0.25) is 0 Å². The van der Waals surface area contributed by atoms with E-state index in [0.29, 0.717) is 0 Å². The van der Waals surface area contributed by atoms with Crippen LogP contribution in [0.3, 0.4) is 0 Å². The molecular weight excluding hydrogens is 214 g/mol. The van der Waals surface area contributed by atoms with Crippen molar-refractivity contribution in [2.24, 2.45) is 0 Å². The molecule has 0 spiro atoms. The summed E-state index contributed by atoms with van der Waals surface area (Å²) in [5.74, 6) is 0. The summed E-state index contributed by atoms with van der Waals surface area (Å²) >= 11 is 0. The van der Waals surface area contributed by atoms with Crippen molar-refractivity contribution in [3.05, 3.63) is 52.6 Å². The summed E-state index contributed by atoms with van der Waals surface area (Å²) in [7, 11) is 8.21. The molecular formula is C16H17B2. The monoisotopic (exact) mass is 231 g/mol. The molecule has 2 rings (SSSR count). The van der Waals surface area contributed by atoms with Crippen molar-refractivity contribution in [2.75, 3.05) is 0 Å². The number of benzene rings is 2. The van der Waals surface area contributed by atoms with E-state index in [1.807, 2.05) is 6.92 Å². The van der Waals surface area contributed by atoms with Crippen LogP contribution >= 0.6 is 0 Å². The van der Waals surface area contributed by atoms with Crippen LogP contribution < -0.4 is 16.4 Å². The topological polar surface area (TPSA) is 0 Å². The molecule has 0 atom stereocenters. The first-order valence-corrected chi connectivity index (χ1v) is 6.26. The molecule has 0 saturated carbocycles. The molecule has 0 aromatic heterocycles. The second-order valence-corrected chi connectivity index (χ2v) is 5.07. The van der Waals surface area contributed by atoms with Gasteiger partial charge >= 0.3 is 0 Å². The molecule has 87 valence electrons. The highest BCUT2D eigenvalue weighted by atomic mass is 14.0. The van der Waals surface area contributed by atoms with E-state index < -0.39 is 0 Å². The first kappa shape index (κ1) is 13.0. The highest BCUT2D eigenvalue weighted by Crippen LogP contribution is 2.01. The summed E-state index contributed by atoms with van der Waals surface area (Å²) in [6.07, 6.45) is 0. The second kappa shape index (κ2) is 5.06. The van der Waals surface area contributed by atoms with Crippen LogP contribution in [0, 0.1) is 27.7 Å². The summed E-state index contributed by atoms with van der Waals surface area (Å²) in [4.78, 5) is 0. The van der Waals surface area contributed by atoms with Crippen LogP contribution in [-0.4, -0.2) is 15.1 Å². The molecule has 0 saturated heterocycles. The van der Waals surface area contributed by atoms with E-state index in [-0.39, 0.29) is 0 Å².